The number of carbonyl (C=O) groups excluding carboxylic acids is 4. The number of nitrogens with one attached hydrogen (secondary N) is 1. The number of hydrogen-bond acceptors (Lipinski definition) is 5. The van der Waals surface area contributed by atoms with E-state index in [2.05, 4.69) is 5.32 Å². The number of likely N-dealkylation sites (tertiary alicyclic amines) is 1. The third kappa shape index (κ3) is 4.84. The van der Waals surface area contributed by atoms with Gasteiger partial charge in [0.05, 0.1) is 12.0 Å². The summed E-state index contributed by atoms with van der Waals surface area (Å²) >= 11 is 0. The maximum Gasteiger partial charge on any atom is 0.251 e. The van der Waals surface area contributed by atoms with Crippen LogP contribution < -0.4 is 5.32 Å². The summed E-state index contributed by atoms with van der Waals surface area (Å²) in [6.45, 7) is 5.83. The lowest BCUT2D eigenvalue weighted by Gasteiger charge is -2.43. The van der Waals surface area contributed by atoms with Crippen molar-refractivity contribution in [3.8, 4) is 0 Å². The Balaban J connectivity index is 1.03. The van der Waals surface area contributed by atoms with Crippen molar-refractivity contribution in [2.24, 2.45) is 35.5 Å². The number of piperidine rings is 1. The lowest BCUT2D eigenvalue weighted by molar-refractivity contribution is -0.151. The molecule has 0 aromatic heterocycles. The van der Waals surface area contributed by atoms with Crippen molar-refractivity contribution in [2.45, 2.75) is 76.9 Å². The molecule has 4 aliphatic heterocycles. The number of nitrogens with zero attached hydrogens (tertiary/aromatic N) is 3. The van der Waals surface area contributed by atoms with Gasteiger partial charge in [0.25, 0.3) is 5.91 Å². The fourth-order valence-corrected chi connectivity index (χ4v) is 8.77. The lowest BCUT2D eigenvalue weighted by Crippen LogP contribution is -2.55. The minimum absolute atomic E-state index is 0.0361. The van der Waals surface area contributed by atoms with Gasteiger partial charge in [-0.25, -0.2) is 0 Å². The quantitative estimate of drug-likeness (QED) is 0.601. The molecule has 6 fully saturated rings. The van der Waals surface area contributed by atoms with Crippen LogP contribution >= 0.6 is 0 Å². The number of rotatable bonds is 3. The van der Waals surface area contributed by atoms with Gasteiger partial charge in [-0.3, -0.25) is 19.2 Å². The zero-order chi connectivity index (χ0) is 26.4. The monoisotopic (exact) mass is 528 g/mol. The average Bonchev–Trinajstić information content (AvgIpc) is 3.56. The van der Waals surface area contributed by atoms with Crippen LogP contribution in [0.15, 0.2) is 0 Å². The molecule has 9 nitrogen and oxygen atoms in total. The van der Waals surface area contributed by atoms with Crippen LogP contribution in [0.3, 0.4) is 0 Å². The largest absolute Gasteiger partial charge is 0.365 e. The van der Waals surface area contributed by atoms with Crippen LogP contribution in [0.4, 0.5) is 0 Å². The van der Waals surface area contributed by atoms with Gasteiger partial charge in [-0.15, -0.1) is 0 Å². The van der Waals surface area contributed by atoms with E-state index in [0.29, 0.717) is 56.4 Å². The van der Waals surface area contributed by atoms with Crippen LogP contribution in [-0.4, -0.2) is 96.3 Å². The molecule has 2 aliphatic carbocycles. The summed E-state index contributed by atoms with van der Waals surface area (Å²) < 4.78 is 6.61. The summed E-state index contributed by atoms with van der Waals surface area (Å²) in [5.74, 6) is 2.36. The van der Waals surface area contributed by atoms with Crippen LogP contribution in [0.2, 0.25) is 0 Å². The van der Waals surface area contributed by atoms with E-state index in [1.165, 1.54) is 12.8 Å². The summed E-state index contributed by atoms with van der Waals surface area (Å²) in [4.78, 5) is 56.4. The standard InChI is InChI=1S/C29H44N4O5/c1-18(34)33-10-4-6-20(17-33)28(36)31-11-13-32(14-12-31)29(37)25-15-19-5-2-8-22(26(19)38-25)21-7-3-9-23-24(21)16-30-27(23)35/h19-26H,2-17H2,1H3,(H,30,35)/t19?,20-,21?,22?,23?,24?,25?,26?/m1/s1. The number of carbonyl (C=O) groups is 4. The predicted molar refractivity (Wildman–Crippen MR) is 140 cm³/mol. The van der Waals surface area contributed by atoms with E-state index < -0.39 is 0 Å². The van der Waals surface area contributed by atoms with E-state index in [0.717, 1.165) is 58.0 Å². The van der Waals surface area contributed by atoms with Gasteiger partial charge in [0.15, 0.2) is 0 Å². The van der Waals surface area contributed by atoms with Gasteiger partial charge in [-0.1, -0.05) is 12.8 Å². The van der Waals surface area contributed by atoms with Crippen LogP contribution in [-0.2, 0) is 23.9 Å². The van der Waals surface area contributed by atoms with Crippen LogP contribution in [0.5, 0.6) is 0 Å². The molecule has 2 saturated carbocycles. The van der Waals surface area contributed by atoms with Gasteiger partial charge < -0.3 is 24.8 Å². The van der Waals surface area contributed by atoms with Crippen molar-refractivity contribution in [1.82, 2.24) is 20.0 Å². The number of amides is 4. The smallest absolute Gasteiger partial charge is 0.251 e. The fraction of sp³-hybridized carbons (Fsp3) is 0.862. The van der Waals surface area contributed by atoms with Crippen molar-refractivity contribution in [1.29, 1.82) is 0 Å². The van der Waals surface area contributed by atoms with Crippen LogP contribution in [0.25, 0.3) is 0 Å². The molecule has 4 saturated heterocycles. The second kappa shape index (κ2) is 10.8. The molecular formula is C29H44N4O5. The minimum atomic E-state index is -0.377. The predicted octanol–water partition coefficient (Wildman–Crippen LogP) is 1.65. The summed E-state index contributed by atoms with van der Waals surface area (Å²) in [6, 6.07) is 0. The zero-order valence-electron chi connectivity index (χ0n) is 22.8. The molecule has 7 unspecified atom stereocenters. The normalized spacial score (nSPS) is 39.4. The molecule has 6 aliphatic rings. The Hall–Kier alpha value is -2.16. The van der Waals surface area contributed by atoms with Crippen LogP contribution in [0.1, 0.15) is 64.7 Å². The fourth-order valence-electron chi connectivity index (χ4n) is 8.77. The molecular weight excluding hydrogens is 484 g/mol. The second-order valence-electron chi connectivity index (χ2n) is 12.7. The molecule has 210 valence electrons. The molecule has 38 heavy (non-hydrogen) atoms. The van der Waals surface area contributed by atoms with Crippen molar-refractivity contribution >= 4 is 23.6 Å². The van der Waals surface area contributed by atoms with E-state index >= 15 is 0 Å². The Morgan fingerprint density at radius 3 is 2.26 bits per heavy atom. The first-order valence-electron chi connectivity index (χ1n) is 15.2. The molecule has 4 amide bonds. The summed E-state index contributed by atoms with van der Waals surface area (Å²) in [5, 5.41) is 3.11. The van der Waals surface area contributed by atoms with Gasteiger partial charge in [-0.05, 0) is 68.6 Å². The maximum atomic E-state index is 13.5. The lowest BCUT2D eigenvalue weighted by atomic mass is 9.62. The van der Waals surface area contributed by atoms with Crippen molar-refractivity contribution < 1.29 is 23.9 Å². The molecule has 0 aromatic carbocycles. The molecule has 6 rings (SSSR count). The summed E-state index contributed by atoms with van der Waals surface area (Å²) in [5.41, 5.74) is 0. The van der Waals surface area contributed by atoms with Gasteiger partial charge in [0.1, 0.15) is 6.10 Å². The Labute approximate surface area is 226 Å². The molecule has 4 heterocycles. The van der Waals surface area contributed by atoms with Gasteiger partial charge in [-0.2, -0.15) is 0 Å². The number of hydrogen-bond donors (Lipinski definition) is 1. The van der Waals surface area contributed by atoms with E-state index in [4.69, 9.17) is 4.74 Å². The van der Waals surface area contributed by atoms with Gasteiger partial charge >= 0.3 is 0 Å². The van der Waals surface area contributed by atoms with Gasteiger partial charge in [0.2, 0.25) is 17.7 Å². The van der Waals surface area contributed by atoms with Crippen molar-refractivity contribution in [3.05, 3.63) is 0 Å². The number of ether oxygens (including phenoxy) is 1. The third-order valence-electron chi connectivity index (χ3n) is 10.7. The highest BCUT2D eigenvalue weighted by atomic mass is 16.5. The molecule has 1 N–H and O–H groups in total. The highest BCUT2D eigenvalue weighted by Crippen LogP contribution is 2.50. The Morgan fingerprint density at radius 2 is 1.50 bits per heavy atom. The molecule has 0 aromatic rings. The molecule has 8 atom stereocenters. The highest BCUT2D eigenvalue weighted by molar-refractivity contribution is 5.83. The zero-order valence-corrected chi connectivity index (χ0v) is 22.8. The van der Waals surface area contributed by atoms with E-state index in [-0.39, 0.29) is 47.7 Å². The van der Waals surface area contributed by atoms with Crippen LogP contribution in [0, 0.1) is 35.5 Å². The first-order valence-corrected chi connectivity index (χ1v) is 15.2. The summed E-state index contributed by atoms with van der Waals surface area (Å²) in [6.07, 6.45) is 9.03. The van der Waals surface area contributed by atoms with Crippen molar-refractivity contribution in [3.63, 3.8) is 0 Å². The van der Waals surface area contributed by atoms with Gasteiger partial charge in [0, 0.05) is 58.7 Å². The van der Waals surface area contributed by atoms with E-state index in [1.807, 2.05) is 9.80 Å². The van der Waals surface area contributed by atoms with E-state index in [9.17, 15) is 19.2 Å². The van der Waals surface area contributed by atoms with Crippen molar-refractivity contribution in [2.75, 3.05) is 45.8 Å². The molecule has 0 bridgehead atoms. The topological polar surface area (TPSA) is 99.3 Å². The second-order valence-corrected chi connectivity index (χ2v) is 12.7. The summed E-state index contributed by atoms with van der Waals surface area (Å²) in [7, 11) is 0. The Kier molecular flexibility index (Phi) is 7.40. The average molecular weight is 529 g/mol. The number of fused-ring (bicyclic) bond motifs is 2. The molecule has 0 spiro atoms. The SMILES string of the molecule is CC(=O)N1CCC[C@@H](C(=O)N2CCN(C(=O)C3CC4CCCC(C5CCCC6C(=O)NCC65)C4O3)CC2)C1. The molecule has 0 radical (unpaired) electrons. The third-order valence-corrected chi connectivity index (χ3v) is 10.7. The van der Waals surface area contributed by atoms with E-state index in [1.54, 1.807) is 11.8 Å². The first-order chi connectivity index (χ1) is 18.4. The maximum absolute atomic E-state index is 13.5. The first kappa shape index (κ1) is 26.1. The Morgan fingerprint density at radius 1 is 0.789 bits per heavy atom. The minimum Gasteiger partial charge on any atom is -0.365 e. The molecule has 9 heteroatoms. The highest BCUT2D eigenvalue weighted by Gasteiger charge is 2.52. The Bertz CT molecular complexity index is 949. The number of piperazine rings is 1.